The number of methoxy groups -OCH3 is 2. The maximum Gasteiger partial charge on any atom is 0.224 e. The van der Waals surface area contributed by atoms with Crippen LogP contribution in [0.5, 0.6) is 11.5 Å². The Morgan fingerprint density at radius 3 is 2.41 bits per heavy atom. The van der Waals surface area contributed by atoms with Crippen LogP contribution in [0.1, 0.15) is 29.9 Å². The molecule has 6 heteroatoms. The number of nitrogens with one attached hydrogen (secondary N) is 1. The molecule has 0 spiro atoms. The molecule has 0 bridgehead atoms. The quantitative estimate of drug-likeness (QED) is 0.447. The van der Waals surface area contributed by atoms with Crippen LogP contribution in [0.2, 0.25) is 0 Å². The molecule has 0 saturated heterocycles. The Kier molecular flexibility index (Phi) is 6.40. The molecule has 1 aromatic heterocycles. The number of para-hydroxylation sites is 2. The van der Waals surface area contributed by atoms with Crippen LogP contribution in [0.4, 0.5) is 0 Å². The first kappa shape index (κ1) is 21.4. The van der Waals surface area contributed by atoms with Crippen LogP contribution in [0.25, 0.3) is 11.0 Å². The Hall–Kier alpha value is -3.80. The number of carbonyl (C=O) groups excluding carboxylic acids is 1. The van der Waals surface area contributed by atoms with E-state index in [0.717, 1.165) is 22.4 Å². The first-order chi connectivity index (χ1) is 15.6. The fraction of sp³-hybridized carbons (Fsp3) is 0.231. The molecule has 0 radical (unpaired) electrons. The summed E-state index contributed by atoms with van der Waals surface area (Å²) in [6, 6.07) is 23.6. The highest BCUT2D eigenvalue weighted by atomic mass is 16.5. The van der Waals surface area contributed by atoms with Gasteiger partial charge in [0.15, 0.2) is 11.5 Å². The van der Waals surface area contributed by atoms with Gasteiger partial charge in [0.1, 0.15) is 5.82 Å². The second kappa shape index (κ2) is 9.56. The van der Waals surface area contributed by atoms with E-state index in [0.29, 0.717) is 18.0 Å². The van der Waals surface area contributed by atoms with Gasteiger partial charge in [-0.25, -0.2) is 4.98 Å². The molecule has 0 aliphatic heterocycles. The lowest BCUT2D eigenvalue weighted by Crippen LogP contribution is -2.30. The average molecular weight is 430 g/mol. The highest BCUT2D eigenvalue weighted by Crippen LogP contribution is 2.28. The normalized spacial score (nSPS) is 11.8. The van der Waals surface area contributed by atoms with Crippen molar-refractivity contribution in [1.29, 1.82) is 0 Å². The van der Waals surface area contributed by atoms with Gasteiger partial charge < -0.3 is 19.4 Å². The van der Waals surface area contributed by atoms with E-state index in [1.165, 1.54) is 5.56 Å². The number of hydrogen-bond acceptors (Lipinski definition) is 4. The summed E-state index contributed by atoms with van der Waals surface area (Å²) in [6.45, 7) is 2.65. The topological polar surface area (TPSA) is 65.4 Å². The minimum atomic E-state index is -0.251. The third kappa shape index (κ3) is 4.59. The van der Waals surface area contributed by atoms with Gasteiger partial charge in [-0.15, -0.1) is 0 Å². The fourth-order valence-corrected chi connectivity index (χ4v) is 3.89. The molecule has 1 amide bonds. The summed E-state index contributed by atoms with van der Waals surface area (Å²) in [6.07, 6.45) is 0.240. The second-order valence-electron chi connectivity index (χ2n) is 7.69. The lowest BCUT2D eigenvalue weighted by atomic mass is 10.1. The molecule has 0 aliphatic carbocycles. The predicted molar refractivity (Wildman–Crippen MR) is 125 cm³/mol. The molecule has 0 saturated carbocycles. The van der Waals surface area contributed by atoms with Crippen LogP contribution < -0.4 is 14.8 Å². The van der Waals surface area contributed by atoms with E-state index in [-0.39, 0.29) is 18.4 Å². The molecule has 4 rings (SSSR count). The van der Waals surface area contributed by atoms with Gasteiger partial charge in [-0.3, -0.25) is 4.79 Å². The third-order valence-corrected chi connectivity index (χ3v) is 5.45. The average Bonchev–Trinajstić information content (AvgIpc) is 3.18. The standard InChI is InChI=1S/C26H27N3O3/c1-18(27-25(30)16-20-13-14-23(31-2)24(15-20)32-3)26-28-21-11-7-8-12-22(21)29(26)17-19-9-5-4-6-10-19/h4-15,18H,16-17H2,1-3H3,(H,27,30). The molecule has 6 nitrogen and oxygen atoms in total. The number of hydrogen-bond donors (Lipinski definition) is 1. The molecular weight excluding hydrogens is 402 g/mol. The van der Waals surface area contributed by atoms with Crippen molar-refractivity contribution in [3.63, 3.8) is 0 Å². The van der Waals surface area contributed by atoms with Gasteiger partial charge in [0.05, 0.1) is 37.7 Å². The molecular formula is C26H27N3O3. The van der Waals surface area contributed by atoms with Crippen LogP contribution >= 0.6 is 0 Å². The fourth-order valence-electron chi connectivity index (χ4n) is 3.89. The maximum absolute atomic E-state index is 12.8. The van der Waals surface area contributed by atoms with E-state index in [1.807, 2.05) is 61.5 Å². The second-order valence-corrected chi connectivity index (χ2v) is 7.69. The van der Waals surface area contributed by atoms with Gasteiger partial charge >= 0.3 is 0 Å². The Bertz CT molecular complexity index is 1220. The Balaban J connectivity index is 1.55. The summed E-state index contributed by atoms with van der Waals surface area (Å²) < 4.78 is 12.8. The zero-order chi connectivity index (χ0) is 22.5. The molecule has 164 valence electrons. The van der Waals surface area contributed by atoms with Crippen LogP contribution in [0, 0.1) is 0 Å². The smallest absolute Gasteiger partial charge is 0.224 e. The number of nitrogens with zero attached hydrogens (tertiary/aromatic N) is 2. The number of aromatic nitrogens is 2. The van der Waals surface area contributed by atoms with Gasteiger partial charge in [0.25, 0.3) is 0 Å². The third-order valence-electron chi connectivity index (χ3n) is 5.45. The highest BCUT2D eigenvalue weighted by molar-refractivity contribution is 5.80. The summed E-state index contributed by atoms with van der Waals surface area (Å²) >= 11 is 0. The number of benzene rings is 3. The van der Waals surface area contributed by atoms with E-state index < -0.39 is 0 Å². The Morgan fingerprint density at radius 1 is 0.938 bits per heavy atom. The lowest BCUT2D eigenvalue weighted by Gasteiger charge is -2.17. The molecule has 1 N–H and O–H groups in total. The monoisotopic (exact) mass is 429 g/mol. The zero-order valence-electron chi connectivity index (χ0n) is 18.5. The molecule has 0 aliphatic rings. The first-order valence-electron chi connectivity index (χ1n) is 10.6. The Labute approximate surface area is 187 Å². The summed E-state index contributed by atoms with van der Waals surface area (Å²) in [7, 11) is 3.18. The number of imidazole rings is 1. The first-order valence-corrected chi connectivity index (χ1v) is 10.6. The minimum Gasteiger partial charge on any atom is -0.493 e. The number of amides is 1. The minimum absolute atomic E-state index is 0.0805. The van der Waals surface area contributed by atoms with Crippen molar-refractivity contribution < 1.29 is 14.3 Å². The van der Waals surface area contributed by atoms with E-state index in [2.05, 4.69) is 28.1 Å². The van der Waals surface area contributed by atoms with Gasteiger partial charge in [0.2, 0.25) is 5.91 Å². The van der Waals surface area contributed by atoms with E-state index in [1.54, 1.807) is 14.2 Å². The number of fused-ring (bicyclic) bond motifs is 1. The molecule has 1 heterocycles. The number of ether oxygens (including phenoxy) is 2. The highest BCUT2D eigenvalue weighted by Gasteiger charge is 2.19. The maximum atomic E-state index is 12.8. The van der Waals surface area contributed by atoms with E-state index in [4.69, 9.17) is 14.5 Å². The number of rotatable bonds is 8. The van der Waals surface area contributed by atoms with Crippen LogP contribution in [-0.2, 0) is 17.8 Å². The van der Waals surface area contributed by atoms with Gasteiger partial charge in [0, 0.05) is 6.54 Å². The van der Waals surface area contributed by atoms with Crippen molar-refractivity contribution in [3.8, 4) is 11.5 Å². The van der Waals surface area contributed by atoms with E-state index in [9.17, 15) is 4.79 Å². The zero-order valence-corrected chi connectivity index (χ0v) is 18.5. The molecule has 1 unspecified atom stereocenters. The van der Waals surface area contributed by atoms with Gasteiger partial charge in [-0.1, -0.05) is 48.5 Å². The summed E-state index contributed by atoms with van der Waals surface area (Å²) in [5.74, 6) is 1.99. The summed E-state index contributed by atoms with van der Waals surface area (Å²) in [5.41, 5.74) is 4.00. The van der Waals surface area contributed by atoms with Gasteiger partial charge in [-0.2, -0.15) is 0 Å². The molecule has 4 aromatic rings. The van der Waals surface area contributed by atoms with Crippen molar-refractivity contribution in [1.82, 2.24) is 14.9 Å². The van der Waals surface area contributed by atoms with Crippen LogP contribution in [-0.4, -0.2) is 29.7 Å². The molecule has 32 heavy (non-hydrogen) atoms. The van der Waals surface area contributed by atoms with Gasteiger partial charge in [-0.05, 0) is 42.3 Å². The molecule has 0 fully saturated rings. The van der Waals surface area contributed by atoms with Crippen molar-refractivity contribution in [2.75, 3.05) is 14.2 Å². The lowest BCUT2D eigenvalue weighted by molar-refractivity contribution is -0.121. The van der Waals surface area contributed by atoms with Crippen molar-refractivity contribution in [3.05, 3.63) is 89.7 Å². The van der Waals surface area contributed by atoms with Crippen molar-refractivity contribution >= 4 is 16.9 Å². The Morgan fingerprint density at radius 2 is 1.66 bits per heavy atom. The predicted octanol–water partition coefficient (Wildman–Crippen LogP) is 4.52. The van der Waals surface area contributed by atoms with Crippen molar-refractivity contribution in [2.24, 2.45) is 0 Å². The van der Waals surface area contributed by atoms with E-state index >= 15 is 0 Å². The SMILES string of the molecule is COc1ccc(CC(=O)NC(C)c2nc3ccccc3n2Cc2ccccc2)cc1OC. The van der Waals surface area contributed by atoms with Crippen LogP contribution in [0.3, 0.4) is 0 Å². The summed E-state index contributed by atoms with van der Waals surface area (Å²) in [5, 5.41) is 3.10. The van der Waals surface area contributed by atoms with Crippen molar-refractivity contribution in [2.45, 2.75) is 25.9 Å². The van der Waals surface area contributed by atoms with Crippen LogP contribution in [0.15, 0.2) is 72.8 Å². The number of carbonyl (C=O) groups is 1. The summed E-state index contributed by atoms with van der Waals surface area (Å²) in [4.78, 5) is 17.6. The molecule has 1 atom stereocenters. The largest absolute Gasteiger partial charge is 0.493 e. The molecule has 3 aromatic carbocycles.